The maximum Gasteiger partial charge on any atom is 0.343 e. The smallest absolute Gasteiger partial charge is 0.343 e. The molecule has 0 atom stereocenters. The fourth-order valence-corrected chi connectivity index (χ4v) is 2.49. The Morgan fingerprint density at radius 3 is 1.81 bits per heavy atom. The van der Waals surface area contributed by atoms with Crippen molar-refractivity contribution in [1.29, 1.82) is 0 Å². The third-order valence-electron chi connectivity index (χ3n) is 3.88. The Bertz CT molecular complexity index is 769. The molecule has 2 rings (SSSR count). The summed E-state index contributed by atoms with van der Waals surface area (Å²) in [5.41, 5.74) is 3.11. The minimum absolute atomic E-state index is 0.125. The minimum Gasteiger partial charge on any atom is -0.497 e. The molecule has 27 heavy (non-hydrogen) atoms. The second-order valence-corrected chi connectivity index (χ2v) is 5.75. The maximum atomic E-state index is 9.66. The summed E-state index contributed by atoms with van der Waals surface area (Å²) in [5, 5.41) is 9.66. The van der Waals surface area contributed by atoms with E-state index in [2.05, 4.69) is 0 Å². The molecule has 0 aliphatic carbocycles. The van der Waals surface area contributed by atoms with Crippen molar-refractivity contribution >= 4 is 11.8 Å². The summed E-state index contributed by atoms with van der Waals surface area (Å²) in [6, 6.07) is 15.8. The number of ether oxygens (including phenoxy) is 3. The number of hydrogen-bond acceptors (Lipinski definition) is 4. The lowest BCUT2D eigenvalue weighted by Gasteiger charge is -2.09. The molecule has 0 aromatic heterocycles. The Morgan fingerprint density at radius 1 is 0.926 bits per heavy atom. The van der Waals surface area contributed by atoms with E-state index in [0.29, 0.717) is 6.61 Å². The molecule has 2 aromatic carbocycles. The molecule has 0 aliphatic rings. The molecular formula is C22H26NO4+. The fourth-order valence-electron chi connectivity index (χ4n) is 2.49. The number of aliphatic hydroxyl groups excluding tert-OH is 1. The molecule has 0 saturated heterocycles. The first-order chi connectivity index (χ1) is 13.1. The van der Waals surface area contributed by atoms with Crippen molar-refractivity contribution in [2.75, 3.05) is 27.9 Å². The molecule has 142 valence electrons. The second kappa shape index (κ2) is 10.1. The molecule has 1 N–H and O–H groups in total. The third kappa shape index (κ3) is 5.92. The van der Waals surface area contributed by atoms with Crippen LogP contribution >= 0.6 is 0 Å². The molecule has 0 aliphatic heterocycles. The normalized spacial score (nSPS) is 11.7. The van der Waals surface area contributed by atoms with E-state index >= 15 is 0 Å². The van der Waals surface area contributed by atoms with Gasteiger partial charge in [-0.25, -0.2) is 4.58 Å². The number of allylic oxidation sites excluding steroid dienone is 1. The van der Waals surface area contributed by atoms with Gasteiger partial charge < -0.3 is 19.3 Å². The molecule has 2 aromatic rings. The highest BCUT2D eigenvalue weighted by Gasteiger charge is 2.07. The van der Waals surface area contributed by atoms with Gasteiger partial charge in [0, 0.05) is 6.08 Å². The Kier molecular flexibility index (Phi) is 7.49. The number of methoxy groups -OCH3 is 2. The molecule has 0 bridgehead atoms. The molecular weight excluding hydrogens is 342 g/mol. The lowest BCUT2D eigenvalue weighted by molar-refractivity contribution is -0.420. The van der Waals surface area contributed by atoms with E-state index in [9.17, 15) is 5.11 Å². The zero-order valence-electron chi connectivity index (χ0n) is 16.2. The van der Waals surface area contributed by atoms with Gasteiger partial charge in [-0.1, -0.05) is 24.3 Å². The largest absolute Gasteiger partial charge is 0.497 e. The molecule has 0 saturated carbocycles. The molecule has 0 heterocycles. The van der Waals surface area contributed by atoms with Crippen LogP contribution in [-0.2, 0) is 4.74 Å². The Morgan fingerprint density at radius 2 is 1.41 bits per heavy atom. The highest BCUT2D eigenvalue weighted by atomic mass is 16.6. The summed E-state index contributed by atoms with van der Waals surface area (Å²) in [6.07, 6.45) is 5.36. The van der Waals surface area contributed by atoms with Gasteiger partial charge in [0.05, 0.1) is 20.8 Å². The average molecular weight is 368 g/mol. The predicted octanol–water partition coefficient (Wildman–Crippen LogP) is 4.24. The molecule has 0 unspecified atom stereocenters. The Labute approximate surface area is 160 Å². The number of hydrogen-bond donors (Lipinski definition) is 1. The van der Waals surface area contributed by atoms with Gasteiger partial charge in [-0.15, -0.1) is 0 Å². The van der Waals surface area contributed by atoms with Gasteiger partial charge in [-0.2, -0.15) is 0 Å². The van der Waals surface area contributed by atoms with Crippen LogP contribution in [0.4, 0.5) is 0 Å². The maximum absolute atomic E-state index is 9.66. The van der Waals surface area contributed by atoms with Crippen molar-refractivity contribution in [2.45, 2.75) is 6.92 Å². The molecule has 0 radical (unpaired) electrons. The third-order valence-corrected chi connectivity index (χ3v) is 3.88. The first-order valence-corrected chi connectivity index (χ1v) is 8.67. The lowest BCUT2D eigenvalue weighted by Crippen LogP contribution is -2.01. The van der Waals surface area contributed by atoms with E-state index in [1.165, 1.54) is 6.20 Å². The minimum atomic E-state index is -0.125. The Balaban J connectivity index is 2.42. The van der Waals surface area contributed by atoms with Crippen molar-refractivity contribution in [3.05, 3.63) is 77.9 Å². The van der Waals surface area contributed by atoms with Gasteiger partial charge >= 0.3 is 5.95 Å². The van der Waals surface area contributed by atoms with Crippen LogP contribution in [0.2, 0.25) is 0 Å². The summed E-state index contributed by atoms with van der Waals surface area (Å²) in [6.45, 7) is 2.23. The molecule has 5 heteroatoms. The zero-order valence-corrected chi connectivity index (χ0v) is 16.2. The van der Waals surface area contributed by atoms with Crippen LogP contribution in [0.15, 0.2) is 66.8 Å². The summed E-state index contributed by atoms with van der Waals surface area (Å²) in [5.74, 6) is 1.48. The number of rotatable bonds is 8. The number of nitrogens with zero attached hydrogens (tertiary/aromatic N) is 1. The monoisotopic (exact) mass is 368 g/mol. The van der Waals surface area contributed by atoms with Crippen molar-refractivity contribution < 1.29 is 23.9 Å². The van der Waals surface area contributed by atoms with Crippen LogP contribution < -0.4 is 9.47 Å². The standard InChI is InChI=1S/C22H25NO4/c1-5-27-22(24)16-23(2)15-14-21(17-6-10-19(25-3)11-7-17)18-8-12-20(26-4)13-9-18/h6-16H,5H2,1-4H3/p+1/b22-16+,23-15?. The van der Waals surface area contributed by atoms with Crippen LogP contribution in [0.3, 0.4) is 0 Å². The fraction of sp³-hybridized carbons (Fsp3) is 0.227. The molecule has 0 fully saturated rings. The van der Waals surface area contributed by atoms with E-state index < -0.39 is 0 Å². The first kappa shape index (κ1) is 20.1. The van der Waals surface area contributed by atoms with E-state index in [1.807, 2.05) is 74.8 Å². The van der Waals surface area contributed by atoms with Gasteiger partial charge in [-0.3, -0.25) is 0 Å². The lowest BCUT2D eigenvalue weighted by atomic mass is 9.97. The summed E-state index contributed by atoms with van der Waals surface area (Å²) in [4.78, 5) is 0. The van der Waals surface area contributed by atoms with Gasteiger partial charge in [0.15, 0.2) is 6.21 Å². The highest BCUT2D eigenvalue weighted by molar-refractivity contribution is 5.90. The van der Waals surface area contributed by atoms with Crippen molar-refractivity contribution in [3.8, 4) is 11.5 Å². The first-order valence-electron chi connectivity index (χ1n) is 8.67. The van der Waals surface area contributed by atoms with Crippen LogP contribution in [0.25, 0.3) is 5.57 Å². The number of benzene rings is 2. The molecule has 0 spiro atoms. The summed E-state index contributed by atoms with van der Waals surface area (Å²) in [7, 11) is 5.12. The topological polar surface area (TPSA) is 50.9 Å². The van der Waals surface area contributed by atoms with E-state index in [0.717, 1.165) is 28.2 Å². The van der Waals surface area contributed by atoms with E-state index in [1.54, 1.807) is 18.8 Å². The number of aliphatic hydroxyl groups is 1. The van der Waals surface area contributed by atoms with Crippen LogP contribution in [0.1, 0.15) is 18.1 Å². The van der Waals surface area contributed by atoms with Crippen LogP contribution in [-0.4, -0.2) is 43.8 Å². The molecule has 5 nitrogen and oxygen atoms in total. The summed E-state index contributed by atoms with van der Waals surface area (Å²) < 4.78 is 17.3. The van der Waals surface area contributed by atoms with Crippen molar-refractivity contribution in [2.24, 2.45) is 0 Å². The van der Waals surface area contributed by atoms with Gasteiger partial charge in [0.2, 0.25) is 6.20 Å². The highest BCUT2D eigenvalue weighted by Crippen LogP contribution is 2.26. The van der Waals surface area contributed by atoms with Crippen molar-refractivity contribution in [3.63, 3.8) is 0 Å². The van der Waals surface area contributed by atoms with Crippen LogP contribution in [0.5, 0.6) is 11.5 Å². The average Bonchev–Trinajstić information content (AvgIpc) is 2.69. The van der Waals surface area contributed by atoms with Crippen molar-refractivity contribution in [1.82, 2.24) is 0 Å². The van der Waals surface area contributed by atoms with Crippen LogP contribution in [0, 0.1) is 0 Å². The van der Waals surface area contributed by atoms with Gasteiger partial charge in [0.25, 0.3) is 0 Å². The quantitative estimate of drug-likeness (QED) is 0.430. The zero-order chi connectivity index (χ0) is 19.6. The summed E-state index contributed by atoms with van der Waals surface area (Å²) >= 11 is 0. The second-order valence-electron chi connectivity index (χ2n) is 5.75. The van der Waals surface area contributed by atoms with E-state index in [4.69, 9.17) is 14.2 Å². The molecule has 0 amide bonds. The van der Waals surface area contributed by atoms with Gasteiger partial charge in [0.1, 0.15) is 18.5 Å². The SMILES string of the molecule is CCO/C(O)=C/[N+](C)=CC=C(c1ccc(OC)cc1)c1ccc(OC)cc1. The predicted molar refractivity (Wildman–Crippen MR) is 108 cm³/mol. The Hall–Kier alpha value is -3.21. The van der Waals surface area contributed by atoms with Gasteiger partial charge in [-0.05, 0) is 47.9 Å². The van der Waals surface area contributed by atoms with E-state index in [-0.39, 0.29) is 5.95 Å².